The molecular formula is C22H22ClFN2O5. The van der Waals surface area contributed by atoms with E-state index in [0.29, 0.717) is 10.6 Å². The minimum absolute atomic E-state index is 0.00579. The largest absolute Gasteiger partial charge is 0.354 e. The van der Waals surface area contributed by atoms with Crippen molar-refractivity contribution >= 4 is 35.0 Å². The van der Waals surface area contributed by atoms with Crippen LogP contribution in [0.1, 0.15) is 12.0 Å². The van der Waals surface area contributed by atoms with Crippen LogP contribution >= 0.6 is 11.6 Å². The number of anilines is 1. The number of rotatable bonds is 8. The normalized spacial score (nSPS) is 16.3. The van der Waals surface area contributed by atoms with Gasteiger partial charge in [-0.05, 0) is 42.0 Å². The van der Waals surface area contributed by atoms with E-state index in [1.54, 1.807) is 24.3 Å². The summed E-state index contributed by atoms with van der Waals surface area (Å²) in [5, 5.41) is 0.540. The Morgan fingerprint density at radius 2 is 1.74 bits per heavy atom. The predicted molar refractivity (Wildman–Crippen MR) is 112 cm³/mol. The third-order valence-corrected chi connectivity index (χ3v) is 5.30. The van der Waals surface area contributed by atoms with Crippen molar-refractivity contribution in [2.45, 2.75) is 25.2 Å². The molecule has 1 unspecified atom stereocenters. The lowest BCUT2D eigenvalue weighted by molar-refractivity contribution is -0.152. The molecule has 1 heterocycles. The number of benzene rings is 2. The van der Waals surface area contributed by atoms with Gasteiger partial charge in [0.05, 0.1) is 25.1 Å². The van der Waals surface area contributed by atoms with Crippen molar-refractivity contribution in [1.29, 1.82) is 0 Å². The lowest BCUT2D eigenvalue weighted by atomic mass is 10.1. The predicted octanol–water partition coefficient (Wildman–Crippen LogP) is 2.80. The van der Waals surface area contributed by atoms with Gasteiger partial charge in [0.1, 0.15) is 11.9 Å². The van der Waals surface area contributed by atoms with Gasteiger partial charge in [-0.25, -0.2) is 9.29 Å². The van der Waals surface area contributed by atoms with E-state index in [1.165, 1.54) is 43.4 Å². The first-order chi connectivity index (χ1) is 14.8. The van der Waals surface area contributed by atoms with Crippen LogP contribution in [-0.4, -0.2) is 55.7 Å². The number of hydrogen-bond acceptors (Lipinski definition) is 5. The zero-order chi connectivity index (χ0) is 22.5. The fraction of sp³-hybridized carbons (Fsp3) is 0.318. The number of halogens is 2. The molecule has 0 bridgehead atoms. The second kappa shape index (κ2) is 10.00. The molecule has 1 aliphatic rings. The molecule has 0 radical (unpaired) electrons. The van der Waals surface area contributed by atoms with E-state index in [1.807, 2.05) is 0 Å². The van der Waals surface area contributed by atoms with Crippen LogP contribution in [0.2, 0.25) is 5.02 Å². The monoisotopic (exact) mass is 448 g/mol. The van der Waals surface area contributed by atoms with Crippen molar-refractivity contribution in [3.8, 4) is 0 Å². The quantitative estimate of drug-likeness (QED) is 0.458. The Labute approximate surface area is 184 Å². The molecule has 3 rings (SSSR count). The van der Waals surface area contributed by atoms with Gasteiger partial charge in [-0.2, -0.15) is 0 Å². The van der Waals surface area contributed by atoms with Gasteiger partial charge in [-0.15, -0.1) is 0 Å². The molecule has 7 nitrogen and oxygen atoms in total. The maximum absolute atomic E-state index is 13.3. The van der Waals surface area contributed by atoms with Crippen LogP contribution in [0, 0.1) is 5.82 Å². The van der Waals surface area contributed by atoms with Crippen LogP contribution in [0.4, 0.5) is 10.1 Å². The summed E-state index contributed by atoms with van der Waals surface area (Å²) < 4.78 is 23.7. The number of hydrogen-bond donors (Lipinski definition) is 0. The molecular weight excluding hydrogens is 427 g/mol. The molecule has 2 aromatic carbocycles. The number of amides is 3. The molecule has 9 heteroatoms. The van der Waals surface area contributed by atoms with Gasteiger partial charge >= 0.3 is 0 Å². The minimum Gasteiger partial charge on any atom is -0.354 e. The zero-order valence-electron chi connectivity index (χ0n) is 17.1. The highest BCUT2D eigenvalue weighted by molar-refractivity contribution is 6.30. The standard InChI is InChI=1S/C22H22ClFN2O5/c1-30-21(31-2)13-25(19(27)11-14-3-5-15(23)6-4-14)18-12-20(28)26(22(18)29)17-9-7-16(24)8-10-17/h3-10,18,21H,11-13H2,1-2H3. The fourth-order valence-electron chi connectivity index (χ4n) is 3.41. The van der Waals surface area contributed by atoms with Crippen molar-refractivity contribution < 1.29 is 28.2 Å². The Kier molecular flexibility index (Phi) is 7.37. The summed E-state index contributed by atoms with van der Waals surface area (Å²) in [5.41, 5.74) is 0.956. The van der Waals surface area contributed by atoms with E-state index in [4.69, 9.17) is 21.1 Å². The number of carbonyl (C=O) groups is 3. The summed E-state index contributed by atoms with van der Waals surface area (Å²) in [4.78, 5) is 41.2. The Balaban J connectivity index is 1.86. The first-order valence-corrected chi connectivity index (χ1v) is 9.93. The molecule has 0 saturated carbocycles. The van der Waals surface area contributed by atoms with Crippen molar-refractivity contribution in [3.05, 3.63) is 64.9 Å². The Morgan fingerprint density at radius 3 is 2.32 bits per heavy atom. The molecule has 1 aliphatic heterocycles. The smallest absolute Gasteiger partial charge is 0.257 e. The summed E-state index contributed by atoms with van der Waals surface area (Å²) in [6, 6.07) is 10.8. The van der Waals surface area contributed by atoms with Crippen LogP contribution in [0.3, 0.4) is 0 Å². The van der Waals surface area contributed by atoms with Gasteiger partial charge < -0.3 is 14.4 Å². The first kappa shape index (κ1) is 22.9. The van der Waals surface area contributed by atoms with Crippen molar-refractivity contribution in [2.24, 2.45) is 0 Å². The molecule has 2 aromatic rings. The Bertz CT molecular complexity index is 947. The third kappa shape index (κ3) is 5.28. The van der Waals surface area contributed by atoms with Crippen LogP contribution in [-0.2, 0) is 30.3 Å². The van der Waals surface area contributed by atoms with Gasteiger partial charge in [0, 0.05) is 19.2 Å². The summed E-state index contributed by atoms with van der Waals surface area (Å²) >= 11 is 5.90. The number of nitrogens with zero attached hydrogens (tertiary/aromatic N) is 2. The topological polar surface area (TPSA) is 76.2 Å². The van der Waals surface area contributed by atoms with E-state index in [9.17, 15) is 18.8 Å². The summed E-state index contributed by atoms with van der Waals surface area (Å²) in [5.74, 6) is -1.89. The minimum atomic E-state index is -1.02. The second-order valence-corrected chi connectivity index (χ2v) is 7.45. The van der Waals surface area contributed by atoms with Crippen LogP contribution in [0.25, 0.3) is 0 Å². The Hall–Kier alpha value is -2.81. The summed E-state index contributed by atoms with van der Waals surface area (Å²) in [6.45, 7) is -0.0413. The third-order valence-electron chi connectivity index (χ3n) is 5.04. The summed E-state index contributed by atoms with van der Waals surface area (Å²) in [7, 11) is 2.84. The average molecular weight is 449 g/mol. The maximum Gasteiger partial charge on any atom is 0.257 e. The summed E-state index contributed by atoms with van der Waals surface area (Å²) in [6.07, 6.45) is -0.967. The molecule has 0 N–H and O–H groups in total. The van der Waals surface area contributed by atoms with Gasteiger partial charge in [0.15, 0.2) is 6.29 Å². The number of methoxy groups -OCH3 is 2. The fourth-order valence-corrected chi connectivity index (χ4v) is 3.53. The molecule has 31 heavy (non-hydrogen) atoms. The van der Waals surface area contributed by atoms with E-state index < -0.39 is 30.0 Å². The molecule has 0 aromatic heterocycles. The van der Waals surface area contributed by atoms with Gasteiger partial charge in [0.2, 0.25) is 11.8 Å². The van der Waals surface area contributed by atoms with E-state index in [2.05, 4.69) is 0 Å². The van der Waals surface area contributed by atoms with Crippen LogP contribution in [0.15, 0.2) is 48.5 Å². The lowest BCUT2D eigenvalue weighted by Gasteiger charge is -2.30. The zero-order valence-corrected chi connectivity index (χ0v) is 17.8. The molecule has 164 valence electrons. The Morgan fingerprint density at radius 1 is 1.13 bits per heavy atom. The molecule has 0 spiro atoms. The molecule has 1 atom stereocenters. The van der Waals surface area contributed by atoms with Crippen LogP contribution in [0.5, 0.6) is 0 Å². The average Bonchev–Trinajstić information content (AvgIpc) is 3.05. The number of imide groups is 1. The van der Waals surface area contributed by atoms with Crippen LogP contribution < -0.4 is 4.90 Å². The highest BCUT2D eigenvalue weighted by atomic mass is 35.5. The van der Waals surface area contributed by atoms with Crippen molar-refractivity contribution in [1.82, 2.24) is 4.90 Å². The highest BCUT2D eigenvalue weighted by Gasteiger charge is 2.44. The number of carbonyl (C=O) groups excluding carboxylic acids is 3. The number of ether oxygens (including phenoxy) is 2. The first-order valence-electron chi connectivity index (χ1n) is 9.56. The van der Waals surface area contributed by atoms with Gasteiger partial charge in [0.25, 0.3) is 5.91 Å². The van der Waals surface area contributed by atoms with Gasteiger partial charge in [-0.3, -0.25) is 14.4 Å². The van der Waals surface area contributed by atoms with Gasteiger partial charge in [-0.1, -0.05) is 23.7 Å². The van der Waals surface area contributed by atoms with E-state index >= 15 is 0 Å². The molecule has 0 aliphatic carbocycles. The highest BCUT2D eigenvalue weighted by Crippen LogP contribution is 2.27. The van der Waals surface area contributed by atoms with E-state index in [0.717, 1.165) is 4.90 Å². The lowest BCUT2D eigenvalue weighted by Crippen LogP contribution is -2.49. The second-order valence-electron chi connectivity index (χ2n) is 7.01. The van der Waals surface area contributed by atoms with Crippen molar-refractivity contribution in [3.63, 3.8) is 0 Å². The molecule has 1 fully saturated rings. The maximum atomic E-state index is 13.3. The van der Waals surface area contributed by atoms with E-state index in [-0.39, 0.29) is 31.0 Å². The molecule has 3 amide bonds. The van der Waals surface area contributed by atoms with Crippen molar-refractivity contribution in [2.75, 3.05) is 25.7 Å². The molecule has 1 saturated heterocycles. The SMILES string of the molecule is COC(CN(C(=O)Cc1ccc(Cl)cc1)C1CC(=O)N(c2ccc(F)cc2)C1=O)OC.